The summed E-state index contributed by atoms with van der Waals surface area (Å²) in [6, 6.07) is 12.4. The Kier molecular flexibility index (Phi) is 9.26. The minimum Gasteiger partial charge on any atom is -0.497 e. The second-order valence-electron chi connectivity index (χ2n) is 9.40. The Balaban J connectivity index is 1.39. The van der Waals surface area contributed by atoms with Gasteiger partial charge in [-0.1, -0.05) is 35.0 Å². The number of aliphatic carboxylic acids is 1. The Morgan fingerprint density at radius 3 is 2.81 bits per heavy atom. The Morgan fingerprint density at radius 1 is 1.22 bits per heavy atom. The third-order valence-corrected chi connectivity index (χ3v) is 7.72. The van der Waals surface area contributed by atoms with Gasteiger partial charge in [0.05, 0.1) is 29.2 Å². The highest BCUT2D eigenvalue weighted by Crippen LogP contribution is 2.36. The second kappa shape index (κ2) is 12.6. The molecule has 1 N–H and O–H groups in total. The molecule has 1 aliphatic heterocycles. The number of carboxylic acid groups (broad SMARTS) is 1. The number of carbonyl (C=O) groups is 1. The number of methoxy groups -OCH3 is 1. The first-order valence-electron chi connectivity index (χ1n) is 12.3. The summed E-state index contributed by atoms with van der Waals surface area (Å²) in [6.45, 7) is 1.95. The fourth-order valence-electron chi connectivity index (χ4n) is 5.03. The number of alkyl halides is 1. The van der Waals surface area contributed by atoms with Gasteiger partial charge in [0.15, 0.2) is 0 Å². The zero-order valence-electron chi connectivity index (χ0n) is 20.6. The number of benzene rings is 2. The molecule has 37 heavy (non-hydrogen) atoms. The lowest BCUT2D eigenvalue weighted by Crippen LogP contribution is -2.41. The molecule has 0 bridgehead atoms. The van der Waals surface area contributed by atoms with Crippen LogP contribution in [0.3, 0.4) is 0 Å². The first-order chi connectivity index (χ1) is 17.8. The van der Waals surface area contributed by atoms with Crippen molar-refractivity contribution < 1.29 is 19.0 Å². The first kappa shape index (κ1) is 27.2. The molecule has 0 spiro atoms. The van der Waals surface area contributed by atoms with E-state index in [4.69, 9.17) is 27.9 Å². The molecule has 0 saturated carbocycles. The molecule has 0 aliphatic carbocycles. The molecule has 0 amide bonds. The van der Waals surface area contributed by atoms with E-state index in [0.29, 0.717) is 47.3 Å². The van der Waals surface area contributed by atoms with Crippen LogP contribution in [0.1, 0.15) is 43.0 Å². The van der Waals surface area contributed by atoms with Crippen molar-refractivity contribution in [3.63, 3.8) is 0 Å². The number of aromatic nitrogens is 1. The highest BCUT2D eigenvalue weighted by molar-refractivity contribution is 6.42. The second-order valence-corrected chi connectivity index (χ2v) is 10.2. The number of pyridine rings is 1. The number of nitrogens with zero attached hydrogens (tertiary/aromatic N) is 2. The van der Waals surface area contributed by atoms with Crippen molar-refractivity contribution in [2.75, 3.05) is 26.7 Å². The van der Waals surface area contributed by atoms with Crippen LogP contribution in [-0.2, 0) is 4.79 Å². The monoisotopic (exact) mass is 542 g/mol. The molecule has 1 saturated heterocycles. The molecule has 8 heteroatoms. The van der Waals surface area contributed by atoms with E-state index >= 15 is 4.39 Å². The smallest absolute Gasteiger partial charge is 0.303 e. The van der Waals surface area contributed by atoms with Gasteiger partial charge in [-0.05, 0) is 85.7 Å². The molecule has 2 aromatic carbocycles. The van der Waals surface area contributed by atoms with Crippen molar-refractivity contribution in [1.82, 2.24) is 9.88 Å². The summed E-state index contributed by atoms with van der Waals surface area (Å²) < 4.78 is 20.8. The van der Waals surface area contributed by atoms with Gasteiger partial charge in [-0.2, -0.15) is 0 Å². The molecule has 2 heterocycles. The van der Waals surface area contributed by atoms with E-state index in [0.717, 1.165) is 29.4 Å². The topological polar surface area (TPSA) is 62.7 Å². The third kappa shape index (κ3) is 7.13. The lowest BCUT2D eigenvalue weighted by Gasteiger charge is -2.37. The maximum atomic E-state index is 15.5. The van der Waals surface area contributed by atoms with E-state index in [1.165, 1.54) is 0 Å². The van der Waals surface area contributed by atoms with E-state index in [9.17, 15) is 9.90 Å². The number of halogens is 3. The van der Waals surface area contributed by atoms with Crippen molar-refractivity contribution in [2.24, 2.45) is 11.8 Å². The van der Waals surface area contributed by atoms with Crippen LogP contribution >= 0.6 is 23.2 Å². The Bertz CT molecular complexity index is 1320. The molecule has 1 aromatic heterocycles. The van der Waals surface area contributed by atoms with Crippen LogP contribution in [0.5, 0.6) is 5.75 Å². The van der Waals surface area contributed by atoms with Crippen LogP contribution in [0.2, 0.25) is 10.0 Å². The summed E-state index contributed by atoms with van der Waals surface area (Å²) in [6.07, 6.45) is 2.28. The summed E-state index contributed by atoms with van der Waals surface area (Å²) >= 11 is 12.0. The van der Waals surface area contributed by atoms with Crippen molar-refractivity contribution in [3.05, 3.63) is 69.8 Å². The third-order valence-electron chi connectivity index (χ3n) is 6.98. The molecule has 1 fully saturated rings. The summed E-state index contributed by atoms with van der Waals surface area (Å²) in [5, 5.41) is 11.2. The van der Waals surface area contributed by atoms with Crippen LogP contribution < -0.4 is 4.74 Å². The van der Waals surface area contributed by atoms with Crippen molar-refractivity contribution in [2.45, 2.75) is 31.9 Å². The first-order valence-corrected chi connectivity index (χ1v) is 13.0. The van der Waals surface area contributed by atoms with Gasteiger partial charge in [0, 0.05) is 30.1 Å². The Labute approximate surface area is 226 Å². The average Bonchev–Trinajstić information content (AvgIpc) is 2.89. The molecule has 1 aliphatic rings. The molecule has 4 rings (SSSR count). The zero-order valence-corrected chi connectivity index (χ0v) is 22.1. The summed E-state index contributed by atoms with van der Waals surface area (Å²) in [7, 11) is 1.58. The van der Waals surface area contributed by atoms with E-state index in [-0.39, 0.29) is 18.3 Å². The van der Waals surface area contributed by atoms with Gasteiger partial charge in [0.2, 0.25) is 0 Å². The number of fused-ring (bicyclic) bond motifs is 1. The van der Waals surface area contributed by atoms with Crippen LogP contribution in [-0.4, -0.2) is 47.7 Å². The Hall–Kier alpha value is -2.85. The lowest BCUT2D eigenvalue weighted by molar-refractivity contribution is -0.139. The van der Waals surface area contributed by atoms with Crippen LogP contribution in [0.15, 0.2) is 48.7 Å². The van der Waals surface area contributed by atoms with Gasteiger partial charge in [-0.3, -0.25) is 14.7 Å². The number of carboxylic acids is 1. The number of ether oxygens (including phenoxy) is 1. The zero-order chi connectivity index (χ0) is 26.4. The molecule has 1 unspecified atom stereocenters. The van der Waals surface area contributed by atoms with Gasteiger partial charge in [-0.25, -0.2) is 4.39 Å². The molecular formula is C29H29Cl2FN2O3. The van der Waals surface area contributed by atoms with Crippen LogP contribution in [0, 0.1) is 23.7 Å². The standard InChI is InChI=1S/C29H29Cl2FN2O3/c1-37-22-6-9-28-24(17-22)23(10-12-33-28)27(32)8-5-20-11-14-34(18-21(20)16-29(35)36)13-2-3-19-4-7-25(30)26(31)15-19/h4,6-7,9-10,12,15,17,20-21,27H,5,8,11,13-14,16,18H2,1H3,(H,35,36)/t20-,21+,27?/m1/s1. The number of likely N-dealkylation sites (tertiary alicyclic amines) is 1. The van der Waals surface area contributed by atoms with Crippen molar-refractivity contribution in [1.29, 1.82) is 0 Å². The number of piperidine rings is 1. The highest BCUT2D eigenvalue weighted by atomic mass is 35.5. The van der Waals surface area contributed by atoms with Crippen molar-refractivity contribution >= 4 is 40.1 Å². The van der Waals surface area contributed by atoms with Crippen LogP contribution in [0.25, 0.3) is 10.9 Å². The molecule has 3 aromatic rings. The maximum Gasteiger partial charge on any atom is 0.303 e. The molecule has 0 radical (unpaired) electrons. The van der Waals surface area contributed by atoms with Gasteiger partial charge in [0.25, 0.3) is 0 Å². The average molecular weight is 543 g/mol. The van der Waals surface area contributed by atoms with E-state index in [1.54, 1.807) is 31.5 Å². The number of hydrogen-bond donors (Lipinski definition) is 1. The normalized spacial score (nSPS) is 18.7. The number of hydrogen-bond acceptors (Lipinski definition) is 4. The molecular weight excluding hydrogens is 514 g/mol. The minimum absolute atomic E-state index is 0.0560. The minimum atomic E-state index is -1.17. The molecule has 3 atom stereocenters. The summed E-state index contributed by atoms with van der Waals surface area (Å²) in [4.78, 5) is 18.1. The van der Waals surface area contributed by atoms with Gasteiger partial charge in [-0.15, -0.1) is 0 Å². The van der Waals surface area contributed by atoms with Gasteiger partial charge < -0.3 is 9.84 Å². The SMILES string of the molecule is COc1ccc2nccc(C(F)CC[C@@H]3CCN(CC#Cc4ccc(Cl)c(Cl)c4)C[C@@H]3CC(=O)O)c2c1. The van der Waals surface area contributed by atoms with Gasteiger partial charge >= 0.3 is 5.97 Å². The lowest BCUT2D eigenvalue weighted by atomic mass is 9.79. The van der Waals surface area contributed by atoms with Crippen molar-refractivity contribution in [3.8, 4) is 17.6 Å². The number of rotatable bonds is 8. The fourth-order valence-corrected chi connectivity index (χ4v) is 5.32. The van der Waals surface area contributed by atoms with E-state index in [2.05, 4.69) is 21.7 Å². The van der Waals surface area contributed by atoms with Gasteiger partial charge in [0.1, 0.15) is 11.9 Å². The highest BCUT2D eigenvalue weighted by Gasteiger charge is 2.31. The fraction of sp³-hybridized carbons (Fsp3) is 0.379. The molecule has 5 nitrogen and oxygen atoms in total. The van der Waals surface area contributed by atoms with E-state index < -0.39 is 12.1 Å². The Morgan fingerprint density at radius 2 is 2.05 bits per heavy atom. The predicted molar refractivity (Wildman–Crippen MR) is 145 cm³/mol. The molecule has 194 valence electrons. The summed E-state index contributed by atoms with van der Waals surface area (Å²) in [5.41, 5.74) is 2.09. The largest absolute Gasteiger partial charge is 0.497 e. The predicted octanol–water partition coefficient (Wildman–Crippen LogP) is 6.81. The maximum absolute atomic E-state index is 15.5. The van der Waals surface area contributed by atoms with Crippen LogP contribution in [0.4, 0.5) is 4.39 Å². The summed E-state index contributed by atoms with van der Waals surface area (Å²) in [5.74, 6) is 6.15. The van der Waals surface area contributed by atoms with E-state index in [1.807, 2.05) is 24.3 Å². The quantitative estimate of drug-likeness (QED) is 0.317.